The van der Waals surface area contributed by atoms with Crippen LogP contribution in [0.25, 0.3) is 10.2 Å². The zero-order valence-corrected chi connectivity index (χ0v) is 17.7. The van der Waals surface area contributed by atoms with Crippen LogP contribution in [-0.2, 0) is 15.7 Å². The summed E-state index contributed by atoms with van der Waals surface area (Å²) in [7, 11) is 1.26. The highest BCUT2D eigenvalue weighted by molar-refractivity contribution is 7.22. The average molecular weight is 396 g/mol. The molecule has 7 heteroatoms. The Kier molecular flexibility index (Phi) is 4.64. The second-order valence-electron chi connectivity index (χ2n) is 8.19. The van der Waals surface area contributed by atoms with E-state index >= 15 is 0 Å². The molecule has 1 fully saturated rings. The largest absolute Gasteiger partial charge is 0.497 e. The molecule has 0 aliphatic carbocycles. The van der Waals surface area contributed by atoms with E-state index in [1.807, 2.05) is 12.1 Å². The Labute approximate surface area is 170 Å². The monoisotopic (exact) mass is 396 g/mol. The number of nitrogen functional groups attached to an aromatic ring is 1. The van der Waals surface area contributed by atoms with E-state index in [4.69, 9.17) is 19.8 Å². The van der Waals surface area contributed by atoms with Gasteiger partial charge in [0.05, 0.1) is 28.5 Å². The van der Waals surface area contributed by atoms with Crippen LogP contribution in [0.15, 0.2) is 36.4 Å². The zero-order chi connectivity index (χ0) is 20.1. The number of rotatable bonds is 4. The van der Waals surface area contributed by atoms with Crippen LogP contribution in [-0.4, -0.2) is 30.4 Å². The van der Waals surface area contributed by atoms with Crippen molar-refractivity contribution in [3.8, 4) is 5.75 Å². The molecule has 5 nitrogen and oxygen atoms in total. The Bertz CT molecular complexity index is 998. The van der Waals surface area contributed by atoms with Crippen LogP contribution >= 0.6 is 11.3 Å². The zero-order valence-electron chi connectivity index (χ0n) is 16.9. The minimum absolute atomic E-state index is 0.379. The lowest BCUT2D eigenvalue weighted by atomic mass is 9.78. The van der Waals surface area contributed by atoms with Crippen LogP contribution in [0, 0.1) is 0 Å². The fourth-order valence-electron chi connectivity index (χ4n) is 3.35. The number of methoxy groups -OCH3 is 1. The molecule has 4 rings (SSSR count). The first-order valence-corrected chi connectivity index (χ1v) is 10.2. The maximum atomic E-state index is 6.26. The molecule has 1 aliphatic heterocycles. The van der Waals surface area contributed by atoms with Crippen molar-refractivity contribution in [2.45, 2.75) is 45.3 Å². The first kappa shape index (κ1) is 19.2. The third kappa shape index (κ3) is 3.38. The lowest BCUT2D eigenvalue weighted by Crippen LogP contribution is -2.41. The highest BCUT2D eigenvalue weighted by Crippen LogP contribution is 2.37. The summed E-state index contributed by atoms with van der Waals surface area (Å²) in [5, 5.41) is 0.567. The number of fused-ring (bicyclic) bond motifs is 1. The van der Waals surface area contributed by atoms with Crippen molar-refractivity contribution in [1.29, 1.82) is 0 Å². The number of hydrogen-bond acceptors (Lipinski definition) is 6. The number of ether oxygens (including phenoxy) is 1. The van der Waals surface area contributed by atoms with Crippen molar-refractivity contribution < 1.29 is 14.0 Å². The van der Waals surface area contributed by atoms with Crippen LogP contribution in [0.3, 0.4) is 0 Å². The number of anilines is 1. The van der Waals surface area contributed by atoms with E-state index in [-0.39, 0.29) is 11.2 Å². The van der Waals surface area contributed by atoms with Gasteiger partial charge in [0.25, 0.3) is 0 Å². The third-order valence-electron chi connectivity index (χ3n) is 5.69. The first-order valence-electron chi connectivity index (χ1n) is 9.36. The standard InChI is InChI=1S/C21H25BN2O3S/c1-20(2)21(3,4)27-22(26-20)15-11-14(18-17(12-15)28-19(23)24-18)10-13-6-8-16(25-5)9-7-13/h6-9,11-12H,10H2,1-5H3,(H2,23,24). The molecule has 0 spiro atoms. The summed E-state index contributed by atoms with van der Waals surface area (Å²) in [5.41, 5.74) is 9.48. The second-order valence-corrected chi connectivity index (χ2v) is 9.25. The van der Waals surface area contributed by atoms with Gasteiger partial charge in [0.1, 0.15) is 5.75 Å². The molecule has 2 N–H and O–H groups in total. The summed E-state index contributed by atoms with van der Waals surface area (Å²) in [6, 6.07) is 12.3. The van der Waals surface area contributed by atoms with Crippen LogP contribution in [0.2, 0.25) is 0 Å². The lowest BCUT2D eigenvalue weighted by molar-refractivity contribution is 0.00578. The number of aromatic nitrogens is 1. The summed E-state index contributed by atoms with van der Waals surface area (Å²) < 4.78 is 18.8. The molecule has 1 aliphatic rings. The second kappa shape index (κ2) is 6.76. The molecule has 0 unspecified atom stereocenters. The van der Waals surface area contributed by atoms with E-state index < -0.39 is 7.12 Å². The summed E-state index contributed by atoms with van der Waals surface area (Å²) in [6.07, 6.45) is 0.747. The molecule has 3 aromatic rings. The van der Waals surface area contributed by atoms with E-state index in [1.165, 1.54) is 16.9 Å². The minimum Gasteiger partial charge on any atom is -0.497 e. The molecule has 0 atom stereocenters. The van der Waals surface area contributed by atoms with E-state index in [0.29, 0.717) is 5.13 Å². The summed E-state index contributed by atoms with van der Waals surface area (Å²) in [4.78, 5) is 4.56. The number of nitrogens with two attached hydrogens (primary N) is 1. The third-order valence-corrected chi connectivity index (χ3v) is 6.52. The summed E-state index contributed by atoms with van der Waals surface area (Å²) in [5.74, 6) is 0.845. The highest BCUT2D eigenvalue weighted by Gasteiger charge is 2.51. The van der Waals surface area contributed by atoms with Gasteiger partial charge in [0.2, 0.25) is 0 Å². The maximum Gasteiger partial charge on any atom is 0.494 e. The Morgan fingerprint density at radius 3 is 2.32 bits per heavy atom. The molecule has 0 bridgehead atoms. The fraction of sp³-hybridized carbons (Fsp3) is 0.381. The molecule has 2 aromatic carbocycles. The van der Waals surface area contributed by atoms with Gasteiger partial charge in [0, 0.05) is 0 Å². The molecular formula is C21H25BN2O3S. The van der Waals surface area contributed by atoms with Crippen LogP contribution in [0.1, 0.15) is 38.8 Å². The van der Waals surface area contributed by atoms with Gasteiger partial charge in [-0.25, -0.2) is 4.98 Å². The minimum atomic E-state index is -0.410. The predicted molar refractivity (Wildman–Crippen MR) is 116 cm³/mol. The van der Waals surface area contributed by atoms with E-state index in [2.05, 4.69) is 56.9 Å². The molecular weight excluding hydrogens is 371 g/mol. The molecule has 0 amide bonds. The molecule has 146 valence electrons. The molecule has 0 saturated carbocycles. The smallest absolute Gasteiger partial charge is 0.494 e. The number of nitrogens with zero attached hydrogens (tertiary/aromatic N) is 1. The van der Waals surface area contributed by atoms with Crippen molar-refractivity contribution in [2.24, 2.45) is 0 Å². The molecule has 1 aromatic heterocycles. The number of thiazole rings is 1. The Morgan fingerprint density at radius 2 is 1.71 bits per heavy atom. The van der Waals surface area contributed by atoms with Crippen molar-refractivity contribution in [3.05, 3.63) is 47.5 Å². The first-order chi connectivity index (χ1) is 13.2. The van der Waals surface area contributed by atoms with E-state index in [9.17, 15) is 0 Å². The Hall–Kier alpha value is -2.09. The number of benzene rings is 2. The highest BCUT2D eigenvalue weighted by atomic mass is 32.1. The Balaban J connectivity index is 1.73. The van der Waals surface area contributed by atoms with Gasteiger partial charge in [-0.1, -0.05) is 29.5 Å². The molecule has 0 radical (unpaired) electrons. The van der Waals surface area contributed by atoms with Gasteiger partial charge in [-0.15, -0.1) is 0 Å². The van der Waals surface area contributed by atoms with E-state index in [1.54, 1.807) is 7.11 Å². The predicted octanol–water partition coefficient (Wildman–Crippen LogP) is 3.78. The summed E-state index contributed by atoms with van der Waals surface area (Å²) in [6.45, 7) is 8.26. The fourth-order valence-corrected chi connectivity index (χ4v) is 4.18. The van der Waals surface area contributed by atoms with Gasteiger partial charge >= 0.3 is 7.12 Å². The lowest BCUT2D eigenvalue weighted by Gasteiger charge is -2.32. The van der Waals surface area contributed by atoms with Gasteiger partial charge in [0.15, 0.2) is 5.13 Å². The quantitative estimate of drug-likeness (QED) is 0.680. The molecule has 28 heavy (non-hydrogen) atoms. The van der Waals surface area contributed by atoms with Gasteiger partial charge < -0.3 is 19.8 Å². The van der Waals surface area contributed by atoms with Crippen molar-refractivity contribution in [2.75, 3.05) is 12.8 Å². The normalized spacial score (nSPS) is 18.0. The van der Waals surface area contributed by atoms with Crippen molar-refractivity contribution >= 4 is 39.3 Å². The maximum absolute atomic E-state index is 6.26. The molecule has 2 heterocycles. The van der Waals surface area contributed by atoms with Crippen molar-refractivity contribution in [3.63, 3.8) is 0 Å². The van der Waals surface area contributed by atoms with Crippen LogP contribution in [0.5, 0.6) is 5.75 Å². The Morgan fingerprint density at radius 1 is 1.07 bits per heavy atom. The number of hydrogen-bond donors (Lipinski definition) is 1. The summed E-state index contributed by atoms with van der Waals surface area (Å²) >= 11 is 1.49. The molecule has 1 saturated heterocycles. The van der Waals surface area contributed by atoms with Gasteiger partial charge in [-0.3, -0.25) is 0 Å². The van der Waals surface area contributed by atoms with Crippen LogP contribution in [0.4, 0.5) is 5.13 Å². The van der Waals surface area contributed by atoms with Gasteiger partial charge in [-0.2, -0.15) is 0 Å². The topological polar surface area (TPSA) is 66.6 Å². The van der Waals surface area contributed by atoms with Crippen LogP contribution < -0.4 is 15.9 Å². The van der Waals surface area contributed by atoms with Gasteiger partial charge in [-0.05, 0) is 68.9 Å². The SMILES string of the molecule is COc1ccc(Cc2cc(B3OC(C)(C)C(C)(C)O3)cc3sc(N)nc23)cc1. The average Bonchev–Trinajstić information content (AvgIpc) is 3.11. The van der Waals surface area contributed by atoms with Crippen molar-refractivity contribution in [1.82, 2.24) is 4.98 Å². The van der Waals surface area contributed by atoms with E-state index in [0.717, 1.165) is 33.4 Å².